The first-order valence-electron chi connectivity index (χ1n) is 5.52. The molecule has 0 aliphatic rings. The van der Waals surface area contributed by atoms with Crippen LogP contribution in [0.3, 0.4) is 0 Å². The van der Waals surface area contributed by atoms with Gasteiger partial charge in [-0.1, -0.05) is 0 Å². The molecule has 1 aromatic rings. The normalized spacial score (nSPS) is 11.3. The van der Waals surface area contributed by atoms with Gasteiger partial charge in [-0.3, -0.25) is 4.79 Å². The van der Waals surface area contributed by atoms with Gasteiger partial charge < -0.3 is 10.2 Å². The minimum atomic E-state index is -4.38. The van der Waals surface area contributed by atoms with Crippen LogP contribution in [-0.2, 0) is 11.0 Å². The largest absolute Gasteiger partial charge is 0.416 e. The smallest absolute Gasteiger partial charge is 0.384 e. The van der Waals surface area contributed by atoms with Crippen LogP contribution in [0, 0.1) is 0 Å². The van der Waals surface area contributed by atoms with Gasteiger partial charge in [-0.2, -0.15) is 13.2 Å². The Morgan fingerprint density at radius 2 is 2.00 bits per heavy atom. The van der Waals surface area contributed by atoms with Crippen molar-refractivity contribution in [3.05, 3.63) is 28.2 Å². The zero-order valence-electron chi connectivity index (χ0n) is 10.5. The van der Waals surface area contributed by atoms with E-state index in [0.717, 1.165) is 12.1 Å². The summed E-state index contributed by atoms with van der Waals surface area (Å²) in [6, 6.07) is 3.35. The van der Waals surface area contributed by atoms with E-state index in [9.17, 15) is 18.0 Å². The van der Waals surface area contributed by atoms with E-state index in [-0.39, 0.29) is 18.9 Å². The Morgan fingerprint density at radius 1 is 1.37 bits per heavy atom. The van der Waals surface area contributed by atoms with E-state index in [4.69, 9.17) is 0 Å². The summed E-state index contributed by atoms with van der Waals surface area (Å²) in [5.41, 5.74) is -0.404. The Balaban J connectivity index is 2.70. The first kappa shape index (κ1) is 15.8. The van der Waals surface area contributed by atoms with Crippen molar-refractivity contribution in [3.63, 3.8) is 0 Å². The molecule has 0 aliphatic heterocycles. The molecule has 0 aliphatic carbocycles. The second kappa shape index (κ2) is 6.27. The Hall–Kier alpha value is -1.24. The fraction of sp³-hybridized carbons (Fsp3) is 0.417. The second-order valence-corrected chi connectivity index (χ2v) is 5.01. The van der Waals surface area contributed by atoms with Crippen LogP contribution in [0.25, 0.3) is 0 Å². The molecule has 0 radical (unpaired) electrons. The highest BCUT2D eigenvalue weighted by Crippen LogP contribution is 2.33. The molecule has 3 nitrogen and oxygen atoms in total. The van der Waals surface area contributed by atoms with Crippen molar-refractivity contribution in [1.82, 2.24) is 4.90 Å². The topological polar surface area (TPSA) is 32.3 Å². The molecule has 1 amide bonds. The molecule has 0 atom stereocenters. The molecule has 1 rings (SSSR count). The van der Waals surface area contributed by atoms with Crippen molar-refractivity contribution < 1.29 is 18.0 Å². The van der Waals surface area contributed by atoms with Crippen LogP contribution in [0.5, 0.6) is 0 Å². The van der Waals surface area contributed by atoms with Crippen LogP contribution in [0.4, 0.5) is 18.9 Å². The number of halogens is 4. The minimum absolute atomic E-state index is 0.0874. The van der Waals surface area contributed by atoms with Gasteiger partial charge in [0.2, 0.25) is 5.91 Å². The molecule has 0 heterocycles. The van der Waals surface area contributed by atoms with Gasteiger partial charge in [0, 0.05) is 37.2 Å². The van der Waals surface area contributed by atoms with Gasteiger partial charge in [0.15, 0.2) is 0 Å². The molecule has 0 unspecified atom stereocenters. The maximum Gasteiger partial charge on any atom is 0.416 e. The first-order chi connectivity index (χ1) is 8.71. The fourth-order valence-corrected chi connectivity index (χ4v) is 1.75. The van der Waals surface area contributed by atoms with Crippen molar-refractivity contribution in [2.75, 3.05) is 26.0 Å². The van der Waals surface area contributed by atoms with Gasteiger partial charge in [0.25, 0.3) is 0 Å². The third-order valence-corrected chi connectivity index (χ3v) is 3.14. The van der Waals surface area contributed by atoms with Crippen molar-refractivity contribution in [2.45, 2.75) is 12.6 Å². The van der Waals surface area contributed by atoms with E-state index in [1.807, 2.05) is 0 Å². The maximum atomic E-state index is 12.6. The lowest BCUT2D eigenvalue weighted by Crippen LogP contribution is -2.24. The number of anilines is 1. The van der Waals surface area contributed by atoms with Crippen LogP contribution in [0.2, 0.25) is 0 Å². The Kier molecular flexibility index (Phi) is 5.22. The van der Waals surface area contributed by atoms with Gasteiger partial charge in [-0.05, 0) is 34.1 Å². The summed E-state index contributed by atoms with van der Waals surface area (Å²) in [5.74, 6) is -0.0874. The van der Waals surface area contributed by atoms with Crippen LogP contribution in [0.15, 0.2) is 22.7 Å². The van der Waals surface area contributed by atoms with Crippen LogP contribution < -0.4 is 5.32 Å². The SMILES string of the molecule is CN(C)C(=O)CCNc1cc(C(F)(F)F)ccc1Br. The predicted octanol–water partition coefficient (Wildman–Crippen LogP) is 3.36. The molecule has 1 aromatic carbocycles. The first-order valence-corrected chi connectivity index (χ1v) is 6.32. The number of nitrogens with zero attached hydrogens (tertiary/aromatic N) is 1. The molecule has 19 heavy (non-hydrogen) atoms. The molecule has 7 heteroatoms. The van der Waals surface area contributed by atoms with E-state index in [0.29, 0.717) is 10.2 Å². The van der Waals surface area contributed by atoms with Gasteiger partial charge in [0.1, 0.15) is 0 Å². The Labute approximate surface area is 117 Å². The lowest BCUT2D eigenvalue weighted by atomic mass is 10.2. The van der Waals surface area contributed by atoms with Crippen molar-refractivity contribution in [1.29, 1.82) is 0 Å². The third kappa shape index (κ3) is 4.74. The number of alkyl halides is 3. The number of carbonyl (C=O) groups is 1. The van der Waals surface area contributed by atoms with Crippen molar-refractivity contribution >= 4 is 27.5 Å². The lowest BCUT2D eigenvalue weighted by molar-refractivity contribution is -0.137. The predicted molar refractivity (Wildman–Crippen MR) is 70.9 cm³/mol. The fourth-order valence-electron chi connectivity index (χ4n) is 1.36. The number of hydrogen-bond acceptors (Lipinski definition) is 2. The summed E-state index contributed by atoms with van der Waals surface area (Å²) >= 11 is 3.17. The number of carbonyl (C=O) groups excluding carboxylic acids is 1. The molecule has 0 saturated heterocycles. The standard InChI is InChI=1S/C12H14BrF3N2O/c1-18(2)11(19)5-6-17-10-7-8(12(14,15)16)3-4-9(10)13/h3-4,7,17H,5-6H2,1-2H3. The van der Waals surface area contributed by atoms with Crippen molar-refractivity contribution in [3.8, 4) is 0 Å². The summed E-state index contributed by atoms with van der Waals surface area (Å²) in [6.45, 7) is 0.275. The van der Waals surface area contributed by atoms with Gasteiger partial charge >= 0.3 is 6.18 Å². The zero-order valence-corrected chi connectivity index (χ0v) is 12.1. The summed E-state index contributed by atoms with van der Waals surface area (Å²) in [6.07, 6.45) is -4.16. The van der Waals surface area contributed by atoms with Gasteiger partial charge in [-0.25, -0.2) is 0 Å². The summed E-state index contributed by atoms with van der Waals surface area (Å²) in [4.78, 5) is 12.8. The Bertz CT molecular complexity index is 461. The molecule has 1 N–H and O–H groups in total. The van der Waals surface area contributed by atoms with Crippen molar-refractivity contribution in [2.24, 2.45) is 0 Å². The van der Waals surface area contributed by atoms with Gasteiger partial charge in [-0.15, -0.1) is 0 Å². The van der Waals surface area contributed by atoms with Crippen LogP contribution in [0.1, 0.15) is 12.0 Å². The van der Waals surface area contributed by atoms with Crippen LogP contribution in [-0.4, -0.2) is 31.4 Å². The monoisotopic (exact) mass is 338 g/mol. The average Bonchev–Trinajstić information content (AvgIpc) is 2.29. The van der Waals surface area contributed by atoms with E-state index >= 15 is 0 Å². The molecular formula is C12H14BrF3N2O. The maximum absolute atomic E-state index is 12.6. The number of nitrogens with one attached hydrogen (secondary N) is 1. The highest BCUT2D eigenvalue weighted by Gasteiger charge is 2.30. The number of rotatable bonds is 4. The number of hydrogen-bond donors (Lipinski definition) is 1. The molecule has 0 spiro atoms. The summed E-state index contributed by atoms with van der Waals surface area (Å²) in [5, 5.41) is 2.82. The molecule has 0 bridgehead atoms. The van der Waals surface area contributed by atoms with E-state index < -0.39 is 11.7 Å². The number of amides is 1. The molecule has 0 fully saturated rings. The highest BCUT2D eigenvalue weighted by molar-refractivity contribution is 9.10. The quantitative estimate of drug-likeness (QED) is 0.912. The second-order valence-electron chi connectivity index (χ2n) is 4.16. The van der Waals surface area contributed by atoms with E-state index in [2.05, 4.69) is 21.2 Å². The van der Waals surface area contributed by atoms with Crippen LogP contribution >= 0.6 is 15.9 Å². The molecular weight excluding hydrogens is 325 g/mol. The minimum Gasteiger partial charge on any atom is -0.384 e. The summed E-state index contributed by atoms with van der Waals surface area (Å²) < 4.78 is 38.2. The highest BCUT2D eigenvalue weighted by atomic mass is 79.9. The zero-order chi connectivity index (χ0) is 14.6. The lowest BCUT2D eigenvalue weighted by Gasteiger charge is -2.14. The molecule has 106 valence electrons. The van der Waals surface area contributed by atoms with E-state index in [1.54, 1.807) is 14.1 Å². The average molecular weight is 339 g/mol. The Morgan fingerprint density at radius 3 is 2.53 bits per heavy atom. The number of benzene rings is 1. The molecule has 0 saturated carbocycles. The summed E-state index contributed by atoms with van der Waals surface area (Å²) in [7, 11) is 3.26. The van der Waals surface area contributed by atoms with Gasteiger partial charge in [0.05, 0.1) is 5.56 Å². The third-order valence-electron chi connectivity index (χ3n) is 2.45. The van der Waals surface area contributed by atoms with E-state index in [1.165, 1.54) is 11.0 Å². The molecule has 0 aromatic heterocycles.